The fourth-order valence-corrected chi connectivity index (χ4v) is 3.34. The van der Waals surface area contributed by atoms with Crippen molar-refractivity contribution in [3.8, 4) is 5.75 Å². The van der Waals surface area contributed by atoms with E-state index in [-0.39, 0.29) is 11.9 Å². The minimum absolute atomic E-state index is 0.0294. The summed E-state index contributed by atoms with van der Waals surface area (Å²) in [6.07, 6.45) is 1.35. The molecule has 4 heteroatoms. The number of carbonyl (C=O) groups is 1. The second-order valence-corrected chi connectivity index (χ2v) is 7.95. The lowest BCUT2D eigenvalue weighted by atomic mass is 9.95. The molecule has 0 aromatic heterocycles. The number of amides is 1. The molecule has 0 spiro atoms. The Hall–Kier alpha value is -2.00. The summed E-state index contributed by atoms with van der Waals surface area (Å²) in [4.78, 5) is 12.7. The summed E-state index contributed by atoms with van der Waals surface area (Å²) in [6.45, 7) is 12.1. The molecule has 0 radical (unpaired) electrons. The highest BCUT2D eigenvalue weighted by molar-refractivity contribution is 6.32. The number of rotatable bonds is 8. The lowest BCUT2D eigenvalue weighted by molar-refractivity contribution is -0.128. The van der Waals surface area contributed by atoms with Crippen molar-refractivity contribution in [1.29, 1.82) is 0 Å². The van der Waals surface area contributed by atoms with Crippen LogP contribution in [0.25, 0.3) is 0 Å². The van der Waals surface area contributed by atoms with Gasteiger partial charge in [0.25, 0.3) is 5.91 Å². The Labute approximate surface area is 174 Å². The number of hydrogen-bond donors (Lipinski definition) is 1. The molecule has 152 valence electrons. The topological polar surface area (TPSA) is 38.3 Å². The summed E-state index contributed by atoms with van der Waals surface area (Å²) in [6, 6.07) is 12.3. The smallest absolute Gasteiger partial charge is 0.261 e. The Morgan fingerprint density at radius 1 is 1.00 bits per heavy atom. The fraction of sp³-hybridized carbons (Fsp3) is 0.458. The van der Waals surface area contributed by atoms with Gasteiger partial charge in [-0.2, -0.15) is 0 Å². The van der Waals surface area contributed by atoms with Gasteiger partial charge in [-0.05, 0) is 73.9 Å². The van der Waals surface area contributed by atoms with E-state index in [4.69, 9.17) is 16.3 Å². The lowest BCUT2D eigenvalue weighted by Gasteiger charge is -2.22. The maximum Gasteiger partial charge on any atom is 0.261 e. The third-order valence-corrected chi connectivity index (χ3v) is 5.93. The van der Waals surface area contributed by atoms with Crippen LogP contribution in [0.2, 0.25) is 5.02 Å². The molecule has 0 fully saturated rings. The zero-order valence-corrected chi connectivity index (χ0v) is 18.6. The Bertz CT molecular complexity index is 778. The van der Waals surface area contributed by atoms with Crippen LogP contribution in [0.15, 0.2) is 36.4 Å². The zero-order valence-electron chi connectivity index (χ0n) is 17.8. The number of carbonyl (C=O) groups excluding carboxylic acids is 1. The van der Waals surface area contributed by atoms with Gasteiger partial charge in [-0.3, -0.25) is 4.79 Å². The molecular weight excluding hydrogens is 370 g/mol. The van der Waals surface area contributed by atoms with E-state index in [1.54, 1.807) is 6.92 Å². The molecule has 28 heavy (non-hydrogen) atoms. The van der Waals surface area contributed by atoms with Crippen molar-refractivity contribution in [2.75, 3.05) is 0 Å². The second kappa shape index (κ2) is 9.97. The normalized spacial score (nSPS) is 14.2. The van der Waals surface area contributed by atoms with Gasteiger partial charge in [0.2, 0.25) is 0 Å². The van der Waals surface area contributed by atoms with Gasteiger partial charge in [0, 0.05) is 5.02 Å². The lowest BCUT2D eigenvalue weighted by Crippen LogP contribution is -2.38. The highest BCUT2D eigenvalue weighted by Crippen LogP contribution is 2.27. The first-order valence-electron chi connectivity index (χ1n) is 10.1. The molecule has 3 nitrogen and oxygen atoms in total. The summed E-state index contributed by atoms with van der Waals surface area (Å²) >= 11 is 6.21. The number of nitrogens with one attached hydrogen (secondary N) is 1. The average Bonchev–Trinajstić information content (AvgIpc) is 2.69. The van der Waals surface area contributed by atoms with E-state index in [2.05, 4.69) is 50.4 Å². The van der Waals surface area contributed by atoms with E-state index in [1.807, 2.05) is 26.0 Å². The number of halogens is 1. The Kier molecular flexibility index (Phi) is 7.94. The molecule has 0 bridgehead atoms. The van der Waals surface area contributed by atoms with Crippen molar-refractivity contribution in [2.24, 2.45) is 0 Å². The van der Waals surface area contributed by atoms with Gasteiger partial charge >= 0.3 is 0 Å². The summed E-state index contributed by atoms with van der Waals surface area (Å²) in [7, 11) is 0. The Morgan fingerprint density at radius 2 is 1.54 bits per heavy atom. The van der Waals surface area contributed by atoms with Crippen LogP contribution < -0.4 is 10.1 Å². The fourth-order valence-electron chi connectivity index (χ4n) is 3.23. The van der Waals surface area contributed by atoms with Gasteiger partial charge in [-0.25, -0.2) is 0 Å². The summed E-state index contributed by atoms with van der Waals surface area (Å²) in [5.74, 6) is 1.08. The van der Waals surface area contributed by atoms with Gasteiger partial charge < -0.3 is 10.1 Å². The molecule has 1 N–H and O–H groups in total. The van der Waals surface area contributed by atoms with Crippen LogP contribution in [0.3, 0.4) is 0 Å². The SMILES string of the molecule is CC[C@H](NC(=O)[C@@H](C)Oc1cc(C)c(Cl)c(C)c1)c1ccc([C@@H](C)CC)cc1. The van der Waals surface area contributed by atoms with Gasteiger partial charge in [-0.1, -0.05) is 56.6 Å². The molecule has 0 heterocycles. The number of aryl methyl sites for hydroxylation is 2. The Balaban J connectivity index is 2.04. The van der Waals surface area contributed by atoms with E-state index in [1.165, 1.54) is 5.56 Å². The maximum atomic E-state index is 12.7. The third-order valence-electron chi connectivity index (χ3n) is 5.34. The van der Waals surface area contributed by atoms with Crippen molar-refractivity contribution in [3.63, 3.8) is 0 Å². The number of hydrogen-bond acceptors (Lipinski definition) is 2. The molecule has 0 unspecified atom stereocenters. The highest BCUT2D eigenvalue weighted by atomic mass is 35.5. The molecule has 3 atom stereocenters. The summed E-state index contributed by atoms with van der Waals surface area (Å²) in [5, 5.41) is 3.85. The predicted octanol–water partition coefficient (Wildman–Crippen LogP) is 6.51. The molecule has 0 aliphatic rings. The van der Waals surface area contributed by atoms with Gasteiger partial charge in [-0.15, -0.1) is 0 Å². The third kappa shape index (κ3) is 5.51. The molecule has 2 aromatic carbocycles. The van der Waals surface area contributed by atoms with Crippen molar-refractivity contribution in [1.82, 2.24) is 5.32 Å². The number of ether oxygens (including phenoxy) is 1. The van der Waals surface area contributed by atoms with Crippen LogP contribution in [0.4, 0.5) is 0 Å². The zero-order chi connectivity index (χ0) is 20.8. The average molecular weight is 402 g/mol. The molecule has 2 rings (SSSR count). The van der Waals surface area contributed by atoms with Crippen LogP contribution in [0.1, 0.15) is 74.8 Å². The van der Waals surface area contributed by atoms with Crippen molar-refractivity contribution >= 4 is 17.5 Å². The van der Waals surface area contributed by atoms with Crippen LogP contribution in [0, 0.1) is 13.8 Å². The second-order valence-electron chi connectivity index (χ2n) is 7.58. The number of benzene rings is 2. The van der Waals surface area contributed by atoms with E-state index in [9.17, 15) is 4.79 Å². The Morgan fingerprint density at radius 3 is 2.04 bits per heavy atom. The van der Waals surface area contributed by atoms with Crippen LogP contribution in [0.5, 0.6) is 5.75 Å². The van der Waals surface area contributed by atoms with Crippen LogP contribution in [-0.2, 0) is 4.79 Å². The first kappa shape index (κ1) is 22.3. The van der Waals surface area contributed by atoms with Crippen molar-refractivity contribution < 1.29 is 9.53 Å². The van der Waals surface area contributed by atoms with Gasteiger partial charge in [0.1, 0.15) is 5.75 Å². The monoisotopic (exact) mass is 401 g/mol. The highest BCUT2D eigenvalue weighted by Gasteiger charge is 2.20. The maximum absolute atomic E-state index is 12.7. The van der Waals surface area contributed by atoms with Crippen LogP contribution >= 0.6 is 11.6 Å². The van der Waals surface area contributed by atoms with Gasteiger partial charge in [0.15, 0.2) is 6.10 Å². The molecule has 0 aliphatic heterocycles. The minimum Gasteiger partial charge on any atom is -0.481 e. The van der Waals surface area contributed by atoms with Crippen LogP contribution in [-0.4, -0.2) is 12.0 Å². The molecule has 2 aromatic rings. The largest absolute Gasteiger partial charge is 0.481 e. The molecule has 0 saturated carbocycles. The first-order valence-corrected chi connectivity index (χ1v) is 10.5. The minimum atomic E-state index is -0.589. The van der Waals surface area contributed by atoms with Crippen molar-refractivity contribution in [3.05, 3.63) is 63.7 Å². The summed E-state index contributed by atoms with van der Waals surface area (Å²) in [5.41, 5.74) is 4.33. The van der Waals surface area contributed by atoms with E-state index >= 15 is 0 Å². The standard InChI is InChI=1S/C24H32ClNO2/c1-7-15(3)19-9-11-20(12-10-19)22(8-2)26-24(27)18(6)28-21-13-16(4)23(25)17(5)14-21/h9-15,18,22H,7-8H2,1-6H3,(H,26,27)/t15-,18+,22-/m0/s1. The molecular formula is C24H32ClNO2. The van der Waals surface area contributed by atoms with E-state index in [0.717, 1.165) is 34.6 Å². The molecule has 1 amide bonds. The molecule has 0 aliphatic carbocycles. The van der Waals surface area contributed by atoms with E-state index in [0.29, 0.717) is 11.7 Å². The predicted molar refractivity (Wildman–Crippen MR) is 117 cm³/mol. The van der Waals surface area contributed by atoms with Gasteiger partial charge in [0.05, 0.1) is 6.04 Å². The van der Waals surface area contributed by atoms with E-state index < -0.39 is 6.10 Å². The first-order chi connectivity index (χ1) is 13.3. The quantitative estimate of drug-likeness (QED) is 0.547. The molecule has 0 saturated heterocycles. The van der Waals surface area contributed by atoms with Crippen molar-refractivity contribution in [2.45, 2.75) is 72.4 Å². The summed E-state index contributed by atoms with van der Waals surface area (Å²) < 4.78 is 5.87.